The Labute approximate surface area is 185 Å². The summed E-state index contributed by atoms with van der Waals surface area (Å²) in [6, 6.07) is 4.17. The Hall–Kier alpha value is -3.57. The number of benzene rings is 1. The maximum atomic E-state index is 12.8. The molecule has 2 rings (SSSR count). The fraction of sp³-hybridized carbons (Fsp3) is 0.381. The maximum Gasteiger partial charge on any atom is 0.360 e. The molecule has 11 nitrogen and oxygen atoms in total. The number of rotatable bonds is 11. The average Bonchev–Trinajstić information content (AvgIpc) is 3.06. The van der Waals surface area contributed by atoms with Crippen LogP contribution < -0.4 is 10.6 Å². The van der Waals surface area contributed by atoms with Gasteiger partial charge in [-0.3, -0.25) is 9.59 Å². The van der Waals surface area contributed by atoms with E-state index in [0.29, 0.717) is 6.54 Å². The summed E-state index contributed by atoms with van der Waals surface area (Å²) in [5.41, 5.74) is -0.492. The van der Waals surface area contributed by atoms with Crippen molar-refractivity contribution in [1.29, 1.82) is 0 Å². The van der Waals surface area contributed by atoms with Crippen LogP contribution in [0.3, 0.4) is 0 Å². The lowest BCUT2D eigenvalue weighted by atomic mass is 10.0. The second-order valence-corrected chi connectivity index (χ2v) is 7.37. The predicted molar refractivity (Wildman–Crippen MR) is 117 cm³/mol. The maximum absolute atomic E-state index is 12.8. The highest BCUT2D eigenvalue weighted by atomic mass is 16.4. The molecule has 1 aliphatic heterocycles. The summed E-state index contributed by atoms with van der Waals surface area (Å²) >= 11 is 0. The Balaban J connectivity index is 0.00000512. The molecule has 11 heteroatoms. The number of hydrogen-bond acceptors (Lipinski definition) is 5. The summed E-state index contributed by atoms with van der Waals surface area (Å²) in [6.45, 7) is 3.62. The number of amides is 2. The Bertz CT molecular complexity index is 942. The number of anilines is 1. The molecule has 2 amide bonds. The monoisotopic (exact) mass is 449 g/mol. The zero-order valence-electron chi connectivity index (χ0n) is 18.1. The summed E-state index contributed by atoms with van der Waals surface area (Å²) in [4.78, 5) is 51.3. The van der Waals surface area contributed by atoms with Crippen LogP contribution in [0.15, 0.2) is 35.2 Å². The average molecular weight is 449 g/mol. The van der Waals surface area contributed by atoms with Crippen LogP contribution in [0.5, 0.6) is 0 Å². The molecular weight excluding hydrogens is 420 g/mol. The number of quaternary nitrogens is 1. The minimum absolute atomic E-state index is 0. The van der Waals surface area contributed by atoms with Crippen molar-refractivity contribution in [1.82, 2.24) is 5.32 Å². The first-order valence-electron chi connectivity index (χ1n) is 9.99. The van der Waals surface area contributed by atoms with Gasteiger partial charge < -0.3 is 26.3 Å². The van der Waals surface area contributed by atoms with Gasteiger partial charge in [-0.1, -0.05) is 25.8 Å². The number of nitrogens with zero attached hydrogens (tertiary/aromatic N) is 2. The van der Waals surface area contributed by atoms with Gasteiger partial charge in [-0.15, -0.1) is 0 Å². The van der Waals surface area contributed by atoms with Crippen molar-refractivity contribution < 1.29 is 39.4 Å². The zero-order valence-corrected chi connectivity index (χ0v) is 18.1. The van der Waals surface area contributed by atoms with E-state index >= 15 is 0 Å². The van der Waals surface area contributed by atoms with Crippen LogP contribution in [0.25, 0.3) is 0 Å². The molecule has 1 unspecified atom stereocenters. The topological polar surface area (TPSA) is 177 Å². The van der Waals surface area contributed by atoms with Crippen molar-refractivity contribution in [3.8, 4) is 0 Å². The minimum Gasteiger partial charge on any atom is -0.478 e. The first-order chi connectivity index (χ1) is 14.7. The molecule has 1 atom stereocenters. The fourth-order valence-corrected chi connectivity index (χ4v) is 3.37. The number of hydrogen-bond donors (Lipinski definition) is 4. The van der Waals surface area contributed by atoms with E-state index in [0.717, 1.165) is 25.7 Å². The van der Waals surface area contributed by atoms with Crippen molar-refractivity contribution in [2.75, 3.05) is 18.4 Å². The van der Waals surface area contributed by atoms with Crippen molar-refractivity contribution >= 4 is 35.8 Å². The summed E-state index contributed by atoms with van der Waals surface area (Å²) in [7, 11) is 0. The van der Waals surface area contributed by atoms with Gasteiger partial charge in [-0.25, -0.2) is 14.1 Å². The van der Waals surface area contributed by atoms with E-state index in [9.17, 15) is 29.4 Å². The van der Waals surface area contributed by atoms with Gasteiger partial charge in [0.1, 0.15) is 6.20 Å². The molecular formula is C21H29N4O7+. The lowest BCUT2D eigenvalue weighted by molar-refractivity contribution is -0.771. The molecule has 32 heavy (non-hydrogen) atoms. The first-order valence-corrected chi connectivity index (χ1v) is 9.99. The number of aromatic carboxylic acids is 1. The SMILES string of the molecule is CCCCCC[N+]1(CC(=O)O)C=NC(NC(=O)c2cccc(NC(C)=O)c2C(=O)O)=C1.O. The Morgan fingerprint density at radius 2 is 1.78 bits per heavy atom. The Morgan fingerprint density at radius 3 is 2.38 bits per heavy atom. The molecule has 0 saturated carbocycles. The van der Waals surface area contributed by atoms with Crippen LogP contribution in [-0.2, 0) is 9.59 Å². The van der Waals surface area contributed by atoms with Gasteiger partial charge in [0.25, 0.3) is 5.91 Å². The van der Waals surface area contributed by atoms with Crippen molar-refractivity contribution in [2.24, 2.45) is 4.99 Å². The number of carboxylic acids is 2. The summed E-state index contributed by atoms with van der Waals surface area (Å²) in [6.07, 6.45) is 6.87. The van der Waals surface area contributed by atoms with E-state index in [1.165, 1.54) is 31.5 Å². The highest BCUT2D eigenvalue weighted by molar-refractivity contribution is 6.10. The molecule has 6 N–H and O–H groups in total. The number of aliphatic carboxylic acids is 1. The molecule has 0 saturated heterocycles. The van der Waals surface area contributed by atoms with Crippen molar-refractivity contribution in [3.05, 3.63) is 41.3 Å². The van der Waals surface area contributed by atoms with Crippen LogP contribution in [0.1, 0.15) is 60.2 Å². The summed E-state index contributed by atoms with van der Waals surface area (Å²) in [5.74, 6) is -3.42. The third-order valence-electron chi connectivity index (χ3n) is 4.74. The van der Waals surface area contributed by atoms with E-state index in [-0.39, 0.29) is 39.1 Å². The molecule has 0 radical (unpaired) electrons. The van der Waals surface area contributed by atoms with Gasteiger partial charge in [0.15, 0.2) is 18.7 Å². The Kier molecular flexibility index (Phi) is 9.69. The molecule has 1 aliphatic rings. The van der Waals surface area contributed by atoms with E-state index < -0.39 is 23.8 Å². The number of nitrogens with one attached hydrogen (secondary N) is 2. The predicted octanol–water partition coefficient (Wildman–Crippen LogP) is 1.57. The smallest absolute Gasteiger partial charge is 0.360 e. The van der Waals surface area contributed by atoms with E-state index in [4.69, 9.17) is 0 Å². The lowest BCUT2D eigenvalue weighted by Gasteiger charge is -2.25. The zero-order chi connectivity index (χ0) is 23.0. The van der Waals surface area contributed by atoms with Gasteiger partial charge in [0.2, 0.25) is 5.91 Å². The van der Waals surface area contributed by atoms with E-state index in [2.05, 4.69) is 22.5 Å². The summed E-state index contributed by atoms with van der Waals surface area (Å²) < 4.78 is -0.0353. The lowest BCUT2D eigenvalue weighted by Crippen LogP contribution is -2.45. The number of carbonyl (C=O) groups is 4. The quantitative estimate of drug-likeness (QED) is 0.294. The fourth-order valence-electron chi connectivity index (χ4n) is 3.37. The van der Waals surface area contributed by atoms with Gasteiger partial charge in [-0.05, 0) is 25.0 Å². The van der Waals surface area contributed by atoms with Gasteiger partial charge in [0.05, 0.1) is 23.4 Å². The molecule has 174 valence electrons. The third-order valence-corrected chi connectivity index (χ3v) is 4.74. The molecule has 1 aromatic carbocycles. The Morgan fingerprint density at radius 1 is 1.06 bits per heavy atom. The highest BCUT2D eigenvalue weighted by Gasteiger charge is 2.33. The second kappa shape index (κ2) is 11.7. The molecule has 1 aromatic rings. The van der Waals surface area contributed by atoms with Crippen LogP contribution in [0.4, 0.5) is 5.69 Å². The van der Waals surface area contributed by atoms with Crippen molar-refractivity contribution in [2.45, 2.75) is 39.5 Å². The molecule has 0 aliphatic carbocycles. The molecule has 1 heterocycles. The van der Waals surface area contributed by atoms with Crippen LogP contribution in [-0.4, -0.2) is 63.4 Å². The standard InChI is InChI=1S/C21H26N4O6.H2O/c1-3-4-5-6-10-25(12-18(27)28)11-17(22-13-25)24-20(29)15-8-7-9-16(23-14(2)26)19(15)21(30)31;/h7-9,11,13H,3-6,10,12H2,1-2H3,(H3-,23,24,26,27,28,29,30,31);1H2/p+1. The van der Waals surface area contributed by atoms with Gasteiger partial charge in [0, 0.05) is 6.92 Å². The van der Waals surface area contributed by atoms with E-state index in [1.54, 1.807) is 6.20 Å². The largest absolute Gasteiger partial charge is 0.478 e. The first kappa shape index (κ1) is 26.5. The number of aliphatic imine (C=N–C) groups is 1. The third kappa shape index (κ3) is 7.00. The molecule has 0 aromatic heterocycles. The molecule has 0 spiro atoms. The second-order valence-electron chi connectivity index (χ2n) is 7.37. The van der Waals surface area contributed by atoms with Crippen LogP contribution >= 0.6 is 0 Å². The van der Waals surface area contributed by atoms with Crippen LogP contribution in [0.2, 0.25) is 0 Å². The molecule has 0 fully saturated rings. The van der Waals surface area contributed by atoms with E-state index in [1.807, 2.05) is 0 Å². The number of carboxylic acid groups (broad SMARTS) is 2. The van der Waals surface area contributed by atoms with Gasteiger partial charge >= 0.3 is 11.9 Å². The minimum atomic E-state index is -1.37. The number of unbranched alkanes of at least 4 members (excludes halogenated alkanes) is 3. The highest BCUT2D eigenvalue weighted by Crippen LogP contribution is 2.22. The summed E-state index contributed by atoms with van der Waals surface area (Å²) in [5, 5.41) is 23.8. The van der Waals surface area contributed by atoms with Crippen molar-refractivity contribution in [3.63, 3.8) is 0 Å². The normalized spacial score (nSPS) is 16.6. The number of carbonyl (C=O) groups excluding carboxylic acids is 2. The molecule has 0 bridgehead atoms. The van der Waals surface area contributed by atoms with Gasteiger partial charge in [-0.2, -0.15) is 4.99 Å². The van der Waals surface area contributed by atoms with Crippen LogP contribution in [0, 0.1) is 0 Å².